The molecule has 3 aliphatic heterocycles. The van der Waals surface area contributed by atoms with Crippen molar-refractivity contribution in [2.75, 3.05) is 44.3 Å². The van der Waals surface area contributed by atoms with E-state index >= 15 is 0 Å². The second kappa shape index (κ2) is 11.2. The third-order valence-corrected chi connectivity index (χ3v) is 8.40. The Balaban J connectivity index is 1.40. The molecule has 4 aliphatic rings. The monoisotopic (exact) mass is 565 g/mol. The minimum atomic E-state index is -4.85. The van der Waals surface area contributed by atoms with Crippen molar-refractivity contribution in [3.63, 3.8) is 0 Å². The number of carbonyl (C=O) groups is 3. The first-order chi connectivity index (χ1) is 19.1. The molecule has 3 heterocycles. The van der Waals surface area contributed by atoms with E-state index in [1.165, 1.54) is 15.9 Å². The van der Waals surface area contributed by atoms with Crippen molar-refractivity contribution in [1.29, 1.82) is 5.26 Å². The van der Waals surface area contributed by atoms with Gasteiger partial charge in [0.2, 0.25) is 5.91 Å². The van der Waals surface area contributed by atoms with Crippen molar-refractivity contribution >= 4 is 23.4 Å². The molecule has 0 bridgehead atoms. The Labute approximate surface area is 228 Å². The Bertz CT molecular complexity index is 1210. The topological polar surface area (TPSA) is 115 Å². The Kier molecular flexibility index (Phi) is 7.90. The molecular formula is C27H31F4N5O4. The second-order valence-corrected chi connectivity index (χ2v) is 10.9. The third kappa shape index (κ3) is 5.46. The largest absolute Gasteiger partial charge is 0.418 e. The van der Waals surface area contributed by atoms with E-state index in [9.17, 15) is 37.2 Å². The number of benzene rings is 1. The standard InChI is InChI=1S/C27H31F4N5O4/c28-22-21(17-3-1-2-4-20(17)34-25(22)38)24(37)33-16-5-6-36(14-16)23-18(26(39)35-7-9-40-10-8-35)11-15(13-32)12-19(23)27(29,30)31/h11-12,16-17,20-22H,1-10,14H2,(H,33,37)(H,34,38)/t16-,17?,20?,21?,22?/m1/s1. The van der Waals surface area contributed by atoms with Gasteiger partial charge in [-0.25, -0.2) is 4.39 Å². The average molecular weight is 566 g/mol. The van der Waals surface area contributed by atoms with Crippen LogP contribution in [0.2, 0.25) is 0 Å². The molecule has 4 fully saturated rings. The van der Waals surface area contributed by atoms with Crippen LogP contribution in [0.4, 0.5) is 23.2 Å². The maximum absolute atomic E-state index is 15.0. The predicted octanol–water partition coefficient (Wildman–Crippen LogP) is 2.39. The van der Waals surface area contributed by atoms with Crippen LogP contribution >= 0.6 is 0 Å². The normalized spacial score (nSPS) is 28.9. The van der Waals surface area contributed by atoms with Crippen LogP contribution in [0.15, 0.2) is 12.1 Å². The first-order valence-electron chi connectivity index (χ1n) is 13.6. The number of fused-ring (bicyclic) bond motifs is 1. The number of hydrogen-bond donors (Lipinski definition) is 2. The van der Waals surface area contributed by atoms with Gasteiger partial charge in [0, 0.05) is 38.3 Å². The van der Waals surface area contributed by atoms with Crippen LogP contribution in [0.5, 0.6) is 0 Å². The predicted molar refractivity (Wildman–Crippen MR) is 134 cm³/mol. The maximum atomic E-state index is 15.0. The van der Waals surface area contributed by atoms with Crippen LogP contribution < -0.4 is 15.5 Å². The molecule has 40 heavy (non-hydrogen) atoms. The van der Waals surface area contributed by atoms with Crippen LogP contribution in [-0.2, 0) is 20.5 Å². The lowest BCUT2D eigenvalue weighted by Crippen LogP contribution is -2.61. The molecule has 1 aliphatic carbocycles. The molecule has 216 valence electrons. The summed E-state index contributed by atoms with van der Waals surface area (Å²) in [5, 5.41) is 14.9. The van der Waals surface area contributed by atoms with Gasteiger partial charge in [-0.1, -0.05) is 12.8 Å². The summed E-state index contributed by atoms with van der Waals surface area (Å²) < 4.78 is 63.0. The van der Waals surface area contributed by atoms with Gasteiger partial charge in [-0.15, -0.1) is 0 Å². The number of morpholine rings is 1. The molecule has 5 rings (SSSR count). The molecule has 2 N–H and O–H groups in total. The van der Waals surface area contributed by atoms with Crippen LogP contribution in [0, 0.1) is 23.2 Å². The van der Waals surface area contributed by atoms with Crippen LogP contribution in [0.3, 0.4) is 0 Å². The summed E-state index contributed by atoms with van der Waals surface area (Å²) in [4.78, 5) is 41.7. The van der Waals surface area contributed by atoms with E-state index in [-0.39, 0.29) is 74.6 Å². The van der Waals surface area contributed by atoms with Crippen molar-refractivity contribution in [1.82, 2.24) is 15.5 Å². The first-order valence-corrected chi connectivity index (χ1v) is 13.6. The minimum absolute atomic E-state index is 0.0475. The number of piperidine rings is 1. The fourth-order valence-electron chi connectivity index (χ4n) is 6.47. The van der Waals surface area contributed by atoms with E-state index in [1.54, 1.807) is 6.07 Å². The number of nitrogens with zero attached hydrogens (tertiary/aromatic N) is 3. The Morgan fingerprint density at radius 2 is 1.82 bits per heavy atom. The lowest BCUT2D eigenvalue weighted by atomic mass is 9.71. The van der Waals surface area contributed by atoms with Crippen LogP contribution in [-0.4, -0.2) is 80.3 Å². The van der Waals surface area contributed by atoms with Gasteiger partial charge in [0.05, 0.1) is 47.6 Å². The third-order valence-electron chi connectivity index (χ3n) is 8.40. The zero-order chi connectivity index (χ0) is 28.6. The summed E-state index contributed by atoms with van der Waals surface area (Å²) in [6, 6.07) is 2.73. The molecular weight excluding hydrogens is 534 g/mol. The molecule has 0 radical (unpaired) electrons. The van der Waals surface area contributed by atoms with E-state index in [4.69, 9.17) is 4.74 Å². The number of hydrogen-bond acceptors (Lipinski definition) is 6. The molecule has 5 atom stereocenters. The number of ether oxygens (including phenoxy) is 1. The maximum Gasteiger partial charge on any atom is 0.418 e. The van der Waals surface area contributed by atoms with Crippen molar-refractivity contribution in [2.24, 2.45) is 11.8 Å². The Morgan fingerprint density at radius 1 is 1.10 bits per heavy atom. The average Bonchev–Trinajstić information content (AvgIpc) is 3.40. The highest BCUT2D eigenvalue weighted by atomic mass is 19.4. The van der Waals surface area contributed by atoms with Crippen LogP contribution in [0.25, 0.3) is 0 Å². The van der Waals surface area contributed by atoms with Gasteiger partial charge in [0.1, 0.15) is 0 Å². The number of nitriles is 1. The molecule has 1 saturated carbocycles. The number of anilines is 1. The zero-order valence-corrected chi connectivity index (χ0v) is 21.8. The number of carbonyl (C=O) groups excluding carboxylic acids is 3. The number of amides is 3. The van der Waals surface area contributed by atoms with E-state index in [2.05, 4.69) is 10.6 Å². The summed E-state index contributed by atoms with van der Waals surface area (Å²) in [6.07, 6.45) is -3.61. The molecule has 13 heteroatoms. The van der Waals surface area contributed by atoms with Gasteiger partial charge in [-0.3, -0.25) is 14.4 Å². The Morgan fingerprint density at radius 3 is 2.52 bits per heavy atom. The van der Waals surface area contributed by atoms with Gasteiger partial charge < -0.3 is 25.2 Å². The van der Waals surface area contributed by atoms with Crippen molar-refractivity contribution in [2.45, 2.75) is 56.5 Å². The summed E-state index contributed by atoms with van der Waals surface area (Å²) >= 11 is 0. The fraction of sp³-hybridized carbons (Fsp3) is 0.630. The van der Waals surface area contributed by atoms with Gasteiger partial charge in [0.25, 0.3) is 11.8 Å². The SMILES string of the molecule is N#Cc1cc(C(=O)N2CCOCC2)c(N2CC[C@@H](NC(=O)C3C(F)C(=O)NC4CCCCC43)C2)c(C(F)(F)F)c1. The summed E-state index contributed by atoms with van der Waals surface area (Å²) in [7, 11) is 0. The zero-order valence-electron chi connectivity index (χ0n) is 21.8. The molecule has 3 saturated heterocycles. The molecule has 0 spiro atoms. The minimum Gasteiger partial charge on any atom is -0.378 e. The number of alkyl halides is 4. The smallest absolute Gasteiger partial charge is 0.378 e. The first kappa shape index (κ1) is 28.1. The number of nitrogens with one attached hydrogen (secondary N) is 2. The van der Waals surface area contributed by atoms with E-state index in [0.29, 0.717) is 12.8 Å². The quantitative estimate of drug-likeness (QED) is 0.542. The van der Waals surface area contributed by atoms with Gasteiger partial charge in [-0.2, -0.15) is 18.4 Å². The fourth-order valence-corrected chi connectivity index (χ4v) is 6.47. The van der Waals surface area contributed by atoms with Crippen molar-refractivity contribution in [3.8, 4) is 6.07 Å². The lowest BCUT2D eigenvalue weighted by molar-refractivity contribution is -0.145. The van der Waals surface area contributed by atoms with Gasteiger partial charge in [0.15, 0.2) is 6.17 Å². The molecule has 1 aromatic carbocycles. The van der Waals surface area contributed by atoms with E-state index in [0.717, 1.165) is 18.9 Å². The van der Waals surface area contributed by atoms with Gasteiger partial charge in [-0.05, 0) is 37.3 Å². The highest BCUT2D eigenvalue weighted by Gasteiger charge is 2.49. The van der Waals surface area contributed by atoms with Gasteiger partial charge >= 0.3 is 6.18 Å². The Hall–Kier alpha value is -3.40. The highest BCUT2D eigenvalue weighted by molar-refractivity contribution is 6.01. The van der Waals surface area contributed by atoms with Crippen molar-refractivity contribution in [3.05, 3.63) is 28.8 Å². The second-order valence-electron chi connectivity index (χ2n) is 10.9. The molecule has 0 aromatic heterocycles. The van der Waals surface area contributed by atoms with Crippen molar-refractivity contribution < 1.29 is 36.7 Å². The van der Waals surface area contributed by atoms with E-state index in [1.807, 2.05) is 0 Å². The lowest BCUT2D eigenvalue weighted by Gasteiger charge is -2.42. The molecule has 3 amide bonds. The number of halogens is 4. The molecule has 1 aromatic rings. The summed E-state index contributed by atoms with van der Waals surface area (Å²) in [6.45, 7) is 0.958. The summed E-state index contributed by atoms with van der Waals surface area (Å²) in [5.41, 5.74) is -1.97. The summed E-state index contributed by atoms with van der Waals surface area (Å²) in [5.74, 6) is -3.56. The molecule has 9 nitrogen and oxygen atoms in total. The number of rotatable bonds is 4. The van der Waals surface area contributed by atoms with Crippen LogP contribution in [0.1, 0.15) is 53.6 Å². The van der Waals surface area contributed by atoms with E-state index < -0.39 is 47.6 Å². The highest BCUT2D eigenvalue weighted by Crippen LogP contribution is 2.42. The molecule has 4 unspecified atom stereocenters.